The first-order valence-corrected chi connectivity index (χ1v) is 8.09. The molecule has 4 nitrogen and oxygen atoms in total. The lowest BCUT2D eigenvalue weighted by Gasteiger charge is -2.44. The van der Waals surface area contributed by atoms with Crippen molar-refractivity contribution >= 4 is 12.1 Å². The molecule has 1 saturated carbocycles. The number of hydrogen-bond donors (Lipinski definition) is 1. The maximum Gasteiger partial charge on any atom is 0.373 e. The number of nitrogens with one attached hydrogen (secondary N) is 1. The topological polar surface area (TPSA) is 63.2 Å². The van der Waals surface area contributed by atoms with Crippen molar-refractivity contribution in [3.05, 3.63) is 12.7 Å². The van der Waals surface area contributed by atoms with Gasteiger partial charge >= 0.3 is 6.15 Å². The molecule has 0 aromatic carbocycles. The molecule has 1 amide bonds. The molecule has 0 aromatic heterocycles. The van der Waals surface area contributed by atoms with E-state index in [2.05, 4.69) is 46.5 Å². The average Bonchev–Trinajstić information content (AvgIpc) is 2.40. The number of allylic oxidation sites excluding steroid dienone is 1. The van der Waals surface area contributed by atoms with E-state index in [0.29, 0.717) is 11.8 Å². The Morgan fingerprint density at radius 3 is 2.32 bits per heavy atom. The van der Waals surface area contributed by atoms with Crippen molar-refractivity contribution in [1.29, 1.82) is 0 Å². The second kappa shape index (κ2) is 8.89. The highest BCUT2D eigenvalue weighted by Gasteiger charge is 2.45. The third-order valence-electron chi connectivity index (χ3n) is 4.45. The molecule has 126 valence electrons. The Labute approximate surface area is 134 Å². The molecule has 0 aliphatic heterocycles. The SMILES string of the molecule is C=CC1CCC(CCC)C(C)(C(=O)NC(C)(C)C)C1.O=C=O. The van der Waals surface area contributed by atoms with Crippen LogP contribution in [0.5, 0.6) is 0 Å². The molecule has 3 unspecified atom stereocenters. The summed E-state index contributed by atoms with van der Waals surface area (Å²) in [4.78, 5) is 29.0. The van der Waals surface area contributed by atoms with E-state index in [1.54, 1.807) is 0 Å². The van der Waals surface area contributed by atoms with Crippen LogP contribution in [0.3, 0.4) is 0 Å². The molecule has 3 atom stereocenters. The minimum Gasteiger partial charge on any atom is -0.351 e. The molecule has 1 aliphatic rings. The van der Waals surface area contributed by atoms with E-state index in [0.717, 1.165) is 25.7 Å². The van der Waals surface area contributed by atoms with Crippen LogP contribution in [-0.4, -0.2) is 17.6 Å². The molecule has 0 radical (unpaired) electrons. The minimum atomic E-state index is -0.236. The molecule has 1 N–H and O–H groups in total. The molecule has 0 heterocycles. The summed E-state index contributed by atoms with van der Waals surface area (Å²) in [6, 6.07) is 0. The molecule has 0 saturated heterocycles. The highest BCUT2D eigenvalue weighted by Crippen LogP contribution is 2.46. The van der Waals surface area contributed by atoms with Gasteiger partial charge in [-0.3, -0.25) is 4.79 Å². The molecule has 4 heteroatoms. The van der Waals surface area contributed by atoms with E-state index in [-0.39, 0.29) is 23.0 Å². The molecule has 0 aromatic rings. The van der Waals surface area contributed by atoms with Crippen molar-refractivity contribution in [2.75, 3.05) is 0 Å². The molecular weight excluding hydrogens is 278 g/mol. The van der Waals surface area contributed by atoms with Gasteiger partial charge in [-0.15, -0.1) is 6.58 Å². The van der Waals surface area contributed by atoms with Gasteiger partial charge in [0.05, 0.1) is 0 Å². The largest absolute Gasteiger partial charge is 0.373 e. The summed E-state index contributed by atoms with van der Waals surface area (Å²) < 4.78 is 0. The zero-order chi connectivity index (χ0) is 17.4. The number of rotatable bonds is 4. The van der Waals surface area contributed by atoms with Gasteiger partial charge < -0.3 is 5.32 Å². The zero-order valence-corrected chi connectivity index (χ0v) is 14.7. The van der Waals surface area contributed by atoms with Crippen molar-refractivity contribution in [2.24, 2.45) is 17.3 Å². The lowest BCUT2D eigenvalue weighted by atomic mass is 9.62. The summed E-state index contributed by atoms with van der Waals surface area (Å²) in [5, 5.41) is 3.19. The van der Waals surface area contributed by atoms with E-state index in [4.69, 9.17) is 9.59 Å². The van der Waals surface area contributed by atoms with Crippen LogP contribution >= 0.6 is 0 Å². The van der Waals surface area contributed by atoms with Crippen LogP contribution in [-0.2, 0) is 14.4 Å². The highest BCUT2D eigenvalue weighted by atomic mass is 16.2. The standard InChI is InChI=1S/C17H31NO.CO2/c1-7-9-14-11-10-13(8-2)12-17(14,6)15(19)18-16(3,4)5;2-1-3/h8,13-14H,2,7,9-12H2,1,3-6H3,(H,18,19);. The molecule has 1 aliphatic carbocycles. The normalized spacial score (nSPS) is 27.9. The summed E-state index contributed by atoms with van der Waals surface area (Å²) >= 11 is 0. The fourth-order valence-corrected chi connectivity index (χ4v) is 3.32. The minimum absolute atomic E-state index is 0.155. The number of hydrogen-bond acceptors (Lipinski definition) is 3. The van der Waals surface area contributed by atoms with Crippen molar-refractivity contribution < 1.29 is 14.4 Å². The van der Waals surface area contributed by atoms with Crippen LogP contribution in [0.2, 0.25) is 0 Å². The predicted octanol–water partition coefficient (Wildman–Crippen LogP) is 3.73. The van der Waals surface area contributed by atoms with Gasteiger partial charge in [-0.25, -0.2) is 0 Å². The maximum absolute atomic E-state index is 12.7. The molecule has 22 heavy (non-hydrogen) atoms. The van der Waals surface area contributed by atoms with Gasteiger partial charge in [0.25, 0.3) is 0 Å². The van der Waals surface area contributed by atoms with Crippen LogP contribution in [0.25, 0.3) is 0 Å². The van der Waals surface area contributed by atoms with E-state index < -0.39 is 0 Å². The van der Waals surface area contributed by atoms with Crippen molar-refractivity contribution in [3.8, 4) is 0 Å². The average molecular weight is 309 g/mol. The second-order valence-corrected chi connectivity index (χ2v) is 7.47. The van der Waals surface area contributed by atoms with Gasteiger partial charge in [-0.1, -0.05) is 26.3 Å². The molecule has 1 fully saturated rings. The summed E-state index contributed by atoms with van der Waals surface area (Å²) in [7, 11) is 0. The molecule has 0 spiro atoms. The Morgan fingerprint density at radius 2 is 1.91 bits per heavy atom. The number of amides is 1. The van der Waals surface area contributed by atoms with Crippen LogP contribution in [0.15, 0.2) is 12.7 Å². The monoisotopic (exact) mass is 309 g/mol. The third-order valence-corrected chi connectivity index (χ3v) is 4.45. The zero-order valence-electron chi connectivity index (χ0n) is 14.7. The number of carbonyl (C=O) groups is 1. The molecule has 1 rings (SSSR count). The Morgan fingerprint density at radius 1 is 1.36 bits per heavy atom. The Kier molecular flexibility index (Phi) is 8.32. The van der Waals surface area contributed by atoms with Crippen molar-refractivity contribution in [3.63, 3.8) is 0 Å². The van der Waals surface area contributed by atoms with E-state index >= 15 is 0 Å². The summed E-state index contributed by atoms with van der Waals surface area (Å²) in [6.45, 7) is 14.4. The van der Waals surface area contributed by atoms with Crippen LogP contribution in [0, 0.1) is 17.3 Å². The van der Waals surface area contributed by atoms with Crippen LogP contribution < -0.4 is 5.32 Å². The number of carbonyl (C=O) groups excluding carboxylic acids is 3. The lowest BCUT2D eigenvalue weighted by molar-refractivity contribution is -0.191. The van der Waals surface area contributed by atoms with E-state index in [9.17, 15) is 4.79 Å². The first-order chi connectivity index (χ1) is 10.1. The maximum atomic E-state index is 12.7. The fraction of sp³-hybridized carbons (Fsp3) is 0.778. The van der Waals surface area contributed by atoms with Gasteiger partial charge in [0.2, 0.25) is 5.91 Å². The highest BCUT2D eigenvalue weighted by molar-refractivity contribution is 5.83. The Balaban J connectivity index is 0.00000135. The van der Waals surface area contributed by atoms with Crippen molar-refractivity contribution in [1.82, 2.24) is 5.32 Å². The Bertz CT molecular complexity index is 405. The smallest absolute Gasteiger partial charge is 0.351 e. The first-order valence-electron chi connectivity index (χ1n) is 8.09. The van der Waals surface area contributed by atoms with Gasteiger partial charge in [0, 0.05) is 11.0 Å². The van der Waals surface area contributed by atoms with Crippen LogP contribution in [0.4, 0.5) is 0 Å². The quantitative estimate of drug-likeness (QED) is 0.805. The Hall–Kier alpha value is -1.41. The third kappa shape index (κ3) is 6.15. The van der Waals surface area contributed by atoms with Gasteiger partial charge in [-0.2, -0.15) is 9.59 Å². The summed E-state index contributed by atoms with van der Waals surface area (Å²) in [5.41, 5.74) is -0.390. The van der Waals surface area contributed by atoms with E-state index in [1.807, 2.05) is 6.08 Å². The summed E-state index contributed by atoms with van der Waals surface area (Å²) in [5.74, 6) is 1.23. The van der Waals surface area contributed by atoms with E-state index in [1.165, 1.54) is 6.42 Å². The lowest BCUT2D eigenvalue weighted by Crippen LogP contribution is -2.52. The van der Waals surface area contributed by atoms with Crippen LogP contribution in [0.1, 0.15) is 66.7 Å². The van der Waals surface area contributed by atoms with Gasteiger partial charge in [-0.05, 0) is 58.3 Å². The first kappa shape index (κ1) is 20.6. The molecule has 0 bridgehead atoms. The second-order valence-electron chi connectivity index (χ2n) is 7.47. The summed E-state index contributed by atoms with van der Waals surface area (Å²) in [6.07, 6.45) is 7.87. The van der Waals surface area contributed by atoms with Crippen molar-refractivity contribution in [2.45, 2.75) is 72.3 Å². The van der Waals surface area contributed by atoms with Gasteiger partial charge in [0.15, 0.2) is 0 Å². The predicted molar refractivity (Wildman–Crippen MR) is 86.9 cm³/mol. The van der Waals surface area contributed by atoms with Gasteiger partial charge in [0.1, 0.15) is 0 Å². The fourth-order valence-electron chi connectivity index (χ4n) is 3.32. The molecular formula is C18H31NO3.